The van der Waals surface area contributed by atoms with Crippen LogP contribution in [0.15, 0.2) is 12.1 Å². The highest BCUT2D eigenvalue weighted by molar-refractivity contribution is 5.23. The van der Waals surface area contributed by atoms with Gasteiger partial charge >= 0.3 is 12.4 Å². The summed E-state index contributed by atoms with van der Waals surface area (Å²) in [4.78, 5) is 0. The van der Waals surface area contributed by atoms with Gasteiger partial charge in [0.05, 0.1) is 0 Å². The lowest BCUT2D eigenvalue weighted by Crippen LogP contribution is -2.41. The van der Waals surface area contributed by atoms with E-state index in [1.54, 1.807) is 0 Å². The first-order valence-electron chi connectivity index (χ1n) is 4.82. The van der Waals surface area contributed by atoms with Crippen molar-refractivity contribution in [3.05, 3.63) is 35.1 Å². The minimum atomic E-state index is -5.95. The molecular formula is C10H5F9O. The first kappa shape index (κ1) is 16.6. The highest BCUT2D eigenvalue weighted by Gasteiger charge is 2.60. The molecule has 1 aromatic carbocycles. The standard InChI is InChI=1S/C10H5F9O/c11-4-2-1-3(5(12)6(4)13)7(20)8(9(14,15)16)10(17,18)19/h1-2,7-8,20H. The van der Waals surface area contributed by atoms with Gasteiger partial charge < -0.3 is 5.11 Å². The minimum absolute atomic E-state index is 0.112. The Kier molecular flexibility index (Phi) is 4.28. The van der Waals surface area contributed by atoms with E-state index in [1.165, 1.54) is 0 Å². The summed E-state index contributed by atoms with van der Waals surface area (Å²) in [5, 5.41) is 9.08. The van der Waals surface area contributed by atoms with Crippen LogP contribution in [0.25, 0.3) is 0 Å². The van der Waals surface area contributed by atoms with E-state index in [9.17, 15) is 39.5 Å². The van der Waals surface area contributed by atoms with Gasteiger partial charge in [0.15, 0.2) is 23.4 Å². The molecule has 0 amide bonds. The fourth-order valence-corrected chi connectivity index (χ4v) is 1.49. The van der Waals surface area contributed by atoms with Gasteiger partial charge in [-0.15, -0.1) is 0 Å². The van der Waals surface area contributed by atoms with Crippen LogP contribution in [0, 0.1) is 23.4 Å². The quantitative estimate of drug-likeness (QED) is 0.649. The molecule has 1 nitrogen and oxygen atoms in total. The molecule has 20 heavy (non-hydrogen) atoms. The third kappa shape index (κ3) is 3.17. The van der Waals surface area contributed by atoms with Gasteiger partial charge in [-0.25, -0.2) is 13.2 Å². The average molecular weight is 312 g/mol. The topological polar surface area (TPSA) is 20.2 Å². The molecule has 0 aromatic heterocycles. The predicted molar refractivity (Wildman–Crippen MR) is 46.9 cm³/mol. The Balaban J connectivity index is 3.34. The van der Waals surface area contributed by atoms with Crippen molar-refractivity contribution >= 4 is 0 Å². The summed E-state index contributed by atoms with van der Waals surface area (Å²) >= 11 is 0. The number of alkyl halides is 6. The average Bonchev–Trinajstić information content (AvgIpc) is 2.21. The van der Waals surface area contributed by atoms with E-state index in [-0.39, 0.29) is 12.1 Å². The minimum Gasteiger partial charge on any atom is -0.387 e. The first-order chi connectivity index (χ1) is 8.87. The number of benzene rings is 1. The number of aliphatic hydroxyl groups excluding tert-OH is 1. The zero-order valence-corrected chi connectivity index (χ0v) is 9.16. The van der Waals surface area contributed by atoms with Gasteiger partial charge in [0.1, 0.15) is 6.10 Å². The molecule has 0 aliphatic rings. The van der Waals surface area contributed by atoms with Crippen molar-refractivity contribution in [1.29, 1.82) is 0 Å². The van der Waals surface area contributed by atoms with Crippen molar-refractivity contribution in [2.45, 2.75) is 18.5 Å². The third-order valence-corrected chi connectivity index (χ3v) is 2.40. The van der Waals surface area contributed by atoms with Crippen LogP contribution in [0.2, 0.25) is 0 Å². The molecule has 0 aliphatic heterocycles. The maximum Gasteiger partial charge on any atom is 0.403 e. The Morgan fingerprint density at radius 3 is 1.65 bits per heavy atom. The van der Waals surface area contributed by atoms with Gasteiger partial charge in [0.2, 0.25) is 0 Å². The second-order valence-electron chi connectivity index (χ2n) is 3.77. The Morgan fingerprint density at radius 1 is 0.800 bits per heavy atom. The van der Waals surface area contributed by atoms with Crippen LogP contribution >= 0.6 is 0 Å². The second kappa shape index (κ2) is 5.15. The lowest BCUT2D eigenvalue weighted by atomic mass is 9.94. The fourth-order valence-electron chi connectivity index (χ4n) is 1.49. The molecule has 10 heteroatoms. The second-order valence-corrected chi connectivity index (χ2v) is 3.77. The number of rotatable bonds is 2. The highest BCUT2D eigenvalue weighted by atomic mass is 19.4. The van der Waals surface area contributed by atoms with E-state index < -0.39 is 47.4 Å². The molecule has 0 heterocycles. The molecule has 0 radical (unpaired) electrons. The monoisotopic (exact) mass is 312 g/mol. The predicted octanol–water partition coefficient (Wildman–Crippen LogP) is 3.88. The van der Waals surface area contributed by atoms with Crippen LogP contribution < -0.4 is 0 Å². The van der Waals surface area contributed by atoms with Gasteiger partial charge in [-0.2, -0.15) is 26.3 Å². The maximum absolute atomic E-state index is 13.1. The third-order valence-electron chi connectivity index (χ3n) is 2.40. The van der Waals surface area contributed by atoms with Crippen LogP contribution in [0.5, 0.6) is 0 Å². The Hall–Kier alpha value is -1.45. The molecule has 0 saturated heterocycles. The van der Waals surface area contributed by atoms with Gasteiger partial charge in [-0.05, 0) is 6.07 Å². The van der Waals surface area contributed by atoms with Crippen LogP contribution in [0.1, 0.15) is 11.7 Å². The zero-order chi connectivity index (χ0) is 15.9. The fraction of sp³-hybridized carbons (Fsp3) is 0.400. The van der Waals surface area contributed by atoms with Gasteiger partial charge in [-0.3, -0.25) is 0 Å². The van der Waals surface area contributed by atoms with Crippen molar-refractivity contribution in [2.24, 2.45) is 5.92 Å². The molecule has 0 fully saturated rings. The summed E-state index contributed by atoms with van der Waals surface area (Å²) < 4.78 is 112. The van der Waals surface area contributed by atoms with Crippen LogP contribution in [0.4, 0.5) is 39.5 Å². The van der Waals surface area contributed by atoms with E-state index in [0.29, 0.717) is 0 Å². The summed E-state index contributed by atoms with van der Waals surface area (Å²) in [5.41, 5.74) is -1.64. The lowest BCUT2D eigenvalue weighted by Gasteiger charge is -2.27. The molecule has 0 spiro atoms. The lowest BCUT2D eigenvalue weighted by molar-refractivity contribution is -0.307. The molecule has 114 valence electrons. The van der Waals surface area contributed by atoms with E-state index in [2.05, 4.69) is 0 Å². The van der Waals surface area contributed by atoms with Crippen molar-refractivity contribution in [2.75, 3.05) is 0 Å². The normalized spacial score (nSPS) is 14.8. The van der Waals surface area contributed by atoms with Crippen molar-refractivity contribution in [3.8, 4) is 0 Å². The highest BCUT2D eigenvalue weighted by Crippen LogP contribution is 2.46. The Labute approximate surface area is 105 Å². The molecule has 1 atom stereocenters. The zero-order valence-electron chi connectivity index (χ0n) is 9.16. The van der Waals surface area contributed by atoms with Gasteiger partial charge in [0.25, 0.3) is 0 Å². The van der Waals surface area contributed by atoms with E-state index in [0.717, 1.165) is 0 Å². The van der Waals surface area contributed by atoms with Crippen molar-refractivity contribution in [3.63, 3.8) is 0 Å². The first-order valence-corrected chi connectivity index (χ1v) is 4.82. The van der Waals surface area contributed by atoms with E-state index in [4.69, 9.17) is 5.11 Å². The molecule has 1 aromatic rings. The van der Waals surface area contributed by atoms with E-state index >= 15 is 0 Å². The van der Waals surface area contributed by atoms with Crippen LogP contribution in [0.3, 0.4) is 0 Å². The number of halogens is 9. The molecule has 0 bridgehead atoms. The van der Waals surface area contributed by atoms with Gasteiger partial charge in [-0.1, -0.05) is 6.07 Å². The summed E-state index contributed by atoms with van der Waals surface area (Å²) in [6.07, 6.45) is -15.4. The summed E-state index contributed by atoms with van der Waals surface area (Å²) in [5.74, 6) is -10.7. The maximum atomic E-state index is 13.1. The van der Waals surface area contributed by atoms with Crippen molar-refractivity contribution < 1.29 is 44.6 Å². The van der Waals surface area contributed by atoms with Crippen LogP contribution in [-0.2, 0) is 0 Å². The van der Waals surface area contributed by atoms with Crippen LogP contribution in [-0.4, -0.2) is 17.5 Å². The largest absolute Gasteiger partial charge is 0.403 e. The Bertz CT molecular complexity index is 477. The Morgan fingerprint density at radius 2 is 1.25 bits per heavy atom. The molecule has 1 rings (SSSR count). The molecule has 0 aliphatic carbocycles. The molecule has 1 N–H and O–H groups in total. The van der Waals surface area contributed by atoms with Gasteiger partial charge in [0, 0.05) is 5.56 Å². The smallest absolute Gasteiger partial charge is 0.387 e. The summed E-state index contributed by atoms with van der Waals surface area (Å²) in [6, 6.07) is 0.226. The van der Waals surface area contributed by atoms with Crippen molar-refractivity contribution in [1.82, 2.24) is 0 Å². The molecule has 0 saturated carbocycles. The SMILES string of the molecule is OC(c1ccc(F)c(F)c1F)C(C(F)(F)F)C(F)(F)F. The number of aliphatic hydroxyl groups is 1. The number of hydrogen-bond donors (Lipinski definition) is 1. The molecule has 1 unspecified atom stereocenters. The summed E-state index contributed by atoms with van der Waals surface area (Å²) in [7, 11) is 0. The number of hydrogen-bond acceptors (Lipinski definition) is 1. The summed E-state index contributed by atoms with van der Waals surface area (Å²) in [6.45, 7) is 0. The van der Waals surface area contributed by atoms with E-state index in [1.807, 2.05) is 0 Å². The molecular weight excluding hydrogens is 307 g/mol.